The maximum Gasteiger partial charge on any atom is 0.133 e. The molecular weight excluding hydrogens is 280 g/mol. The summed E-state index contributed by atoms with van der Waals surface area (Å²) in [5, 5.41) is 4.59. The second kappa shape index (κ2) is 6.01. The van der Waals surface area contributed by atoms with E-state index in [-0.39, 0.29) is 5.60 Å². The highest BCUT2D eigenvalue weighted by atomic mass is 16.5. The molecule has 4 rings (SSSR count). The average Bonchev–Trinajstić information content (AvgIpc) is 2.88. The third-order valence-corrected chi connectivity index (χ3v) is 4.49. The molecule has 22 heavy (non-hydrogen) atoms. The minimum absolute atomic E-state index is 0.200. The molecule has 0 saturated carbocycles. The van der Waals surface area contributed by atoms with Crippen molar-refractivity contribution in [2.24, 2.45) is 0 Å². The Morgan fingerprint density at radius 1 is 1.23 bits per heavy atom. The lowest BCUT2D eigenvalue weighted by molar-refractivity contribution is -0.135. The van der Waals surface area contributed by atoms with Crippen LogP contribution in [0.1, 0.15) is 5.56 Å². The summed E-state index contributed by atoms with van der Waals surface area (Å²) >= 11 is 0. The van der Waals surface area contributed by atoms with Gasteiger partial charge in [0.05, 0.1) is 26.1 Å². The first-order valence-corrected chi connectivity index (χ1v) is 7.94. The molecule has 0 radical (unpaired) electrons. The molecule has 2 saturated heterocycles. The summed E-state index contributed by atoms with van der Waals surface area (Å²) < 4.78 is 17.2. The van der Waals surface area contributed by atoms with Gasteiger partial charge in [0.1, 0.15) is 11.2 Å². The summed E-state index contributed by atoms with van der Waals surface area (Å²) in [4.78, 5) is 2.46. The van der Waals surface area contributed by atoms with Crippen molar-refractivity contribution < 1.29 is 13.9 Å². The van der Waals surface area contributed by atoms with E-state index in [2.05, 4.69) is 28.4 Å². The number of fused-ring (bicyclic) bond motifs is 1. The molecule has 2 aliphatic heterocycles. The number of furan rings is 1. The molecule has 118 valence electrons. The molecule has 2 aliphatic rings. The molecule has 3 heterocycles. The highest BCUT2D eigenvalue weighted by Gasteiger charge is 2.37. The van der Waals surface area contributed by atoms with Crippen LogP contribution in [-0.2, 0) is 16.0 Å². The number of ether oxygens (including phenoxy) is 2. The first-order chi connectivity index (χ1) is 10.8. The monoisotopic (exact) mass is 302 g/mol. The zero-order valence-corrected chi connectivity index (χ0v) is 12.7. The smallest absolute Gasteiger partial charge is 0.133 e. The minimum Gasteiger partial charge on any atom is -0.464 e. The molecule has 5 nitrogen and oxygen atoms in total. The number of nitrogens with zero attached hydrogens (tertiary/aromatic N) is 1. The van der Waals surface area contributed by atoms with Gasteiger partial charge in [-0.25, -0.2) is 0 Å². The Hall–Kier alpha value is -1.40. The van der Waals surface area contributed by atoms with E-state index in [1.807, 2.05) is 6.07 Å². The second-order valence-electron chi connectivity index (χ2n) is 6.26. The molecule has 1 spiro atoms. The summed E-state index contributed by atoms with van der Waals surface area (Å²) in [6, 6.07) is 8.43. The van der Waals surface area contributed by atoms with Crippen LogP contribution in [0.25, 0.3) is 11.0 Å². The summed E-state index contributed by atoms with van der Waals surface area (Å²) in [5.74, 6) is 0. The lowest BCUT2D eigenvalue weighted by Gasteiger charge is -2.41. The quantitative estimate of drug-likeness (QED) is 0.913. The van der Waals surface area contributed by atoms with E-state index >= 15 is 0 Å². The number of hydrogen-bond donors (Lipinski definition) is 1. The lowest BCUT2D eigenvalue weighted by atomic mass is 10.0. The summed E-state index contributed by atoms with van der Waals surface area (Å²) in [6.07, 6.45) is 1.74. The Labute approximate surface area is 130 Å². The molecule has 1 aromatic heterocycles. The van der Waals surface area contributed by atoms with Gasteiger partial charge in [-0.3, -0.25) is 4.90 Å². The van der Waals surface area contributed by atoms with E-state index in [4.69, 9.17) is 13.9 Å². The largest absolute Gasteiger partial charge is 0.464 e. The van der Waals surface area contributed by atoms with Gasteiger partial charge in [-0.05, 0) is 23.8 Å². The first kappa shape index (κ1) is 14.2. The molecule has 1 unspecified atom stereocenters. The van der Waals surface area contributed by atoms with Gasteiger partial charge in [0.15, 0.2) is 0 Å². The van der Waals surface area contributed by atoms with Crippen LogP contribution in [0.2, 0.25) is 0 Å². The third-order valence-electron chi connectivity index (χ3n) is 4.49. The van der Waals surface area contributed by atoms with E-state index in [1.54, 1.807) is 6.26 Å². The fourth-order valence-corrected chi connectivity index (χ4v) is 3.40. The van der Waals surface area contributed by atoms with E-state index in [0.29, 0.717) is 6.61 Å². The summed E-state index contributed by atoms with van der Waals surface area (Å²) in [7, 11) is 0. The highest BCUT2D eigenvalue weighted by molar-refractivity contribution is 5.77. The van der Waals surface area contributed by atoms with Gasteiger partial charge in [-0.1, -0.05) is 6.07 Å². The fraction of sp³-hybridized carbons (Fsp3) is 0.529. The van der Waals surface area contributed by atoms with Crippen molar-refractivity contribution in [3.05, 3.63) is 36.1 Å². The number of nitrogens with one attached hydrogen (secondary N) is 1. The average molecular weight is 302 g/mol. The molecule has 0 amide bonds. The predicted octanol–water partition coefficient (Wildman–Crippen LogP) is 1.62. The van der Waals surface area contributed by atoms with Crippen LogP contribution < -0.4 is 5.32 Å². The van der Waals surface area contributed by atoms with E-state index in [9.17, 15) is 0 Å². The van der Waals surface area contributed by atoms with Crippen molar-refractivity contribution in [1.29, 1.82) is 0 Å². The molecule has 2 aromatic rings. The molecule has 5 heteroatoms. The highest BCUT2D eigenvalue weighted by Crippen LogP contribution is 2.23. The SMILES string of the molecule is c1cc2cc(CN3CCOC4(CNCCOC4)C3)ccc2o1. The van der Waals surface area contributed by atoms with Gasteiger partial charge in [-0.2, -0.15) is 0 Å². The third kappa shape index (κ3) is 2.90. The van der Waals surface area contributed by atoms with Crippen molar-refractivity contribution >= 4 is 11.0 Å². The van der Waals surface area contributed by atoms with Crippen molar-refractivity contribution in [3.8, 4) is 0 Å². The topological polar surface area (TPSA) is 46.9 Å². The molecule has 1 N–H and O–H groups in total. The van der Waals surface area contributed by atoms with E-state index in [1.165, 1.54) is 10.9 Å². The van der Waals surface area contributed by atoms with Crippen molar-refractivity contribution in [2.45, 2.75) is 12.1 Å². The van der Waals surface area contributed by atoms with Gasteiger partial charge in [0.2, 0.25) is 0 Å². The summed E-state index contributed by atoms with van der Waals surface area (Å²) in [6.45, 7) is 6.78. The number of rotatable bonds is 2. The van der Waals surface area contributed by atoms with Crippen LogP contribution in [0, 0.1) is 0 Å². The van der Waals surface area contributed by atoms with Gasteiger partial charge in [-0.15, -0.1) is 0 Å². The number of benzene rings is 1. The molecular formula is C17H22N2O3. The van der Waals surface area contributed by atoms with Crippen molar-refractivity contribution in [2.75, 3.05) is 46.0 Å². The minimum atomic E-state index is -0.200. The first-order valence-electron chi connectivity index (χ1n) is 7.94. The van der Waals surface area contributed by atoms with Crippen LogP contribution in [0.15, 0.2) is 34.9 Å². The second-order valence-corrected chi connectivity index (χ2v) is 6.26. The normalized spacial score (nSPS) is 27.3. The Bertz CT molecular complexity index is 632. The molecule has 0 aliphatic carbocycles. The zero-order chi connectivity index (χ0) is 14.8. The van der Waals surface area contributed by atoms with Crippen LogP contribution in [0.5, 0.6) is 0 Å². The number of morpholine rings is 1. The van der Waals surface area contributed by atoms with E-state index < -0.39 is 0 Å². The predicted molar refractivity (Wildman–Crippen MR) is 83.9 cm³/mol. The zero-order valence-electron chi connectivity index (χ0n) is 12.7. The van der Waals surface area contributed by atoms with Crippen molar-refractivity contribution in [3.63, 3.8) is 0 Å². The van der Waals surface area contributed by atoms with Crippen LogP contribution >= 0.6 is 0 Å². The van der Waals surface area contributed by atoms with Crippen LogP contribution in [0.4, 0.5) is 0 Å². The van der Waals surface area contributed by atoms with Crippen LogP contribution in [-0.4, -0.2) is 56.5 Å². The Morgan fingerprint density at radius 3 is 3.23 bits per heavy atom. The summed E-state index contributed by atoms with van der Waals surface area (Å²) in [5.41, 5.74) is 2.06. The van der Waals surface area contributed by atoms with Crippen molar-refractivity contribution in [1.82, 2.24) is 10.2 Å². The standard InChI is InChI=1S/C17H22N2O3/c1-2-16-15(3-6-21-16)9-14(1)10-19-5-8-22-17(12-19)11-18-4-7-20-13-17/h1-3,6,9,18H,4-5,7-8,10-13H2. The Balaban J connectivity index is 1.47. The lowest BCUT2D eigenvalue weighted by Crippen LogP contribution is -2.57. The molecule has 1 aromatic carbocycles. The number of hydrogen-bond acceptors (Lipinski definition) is 5. The van der Waals surface area contributed by atoms with Gasteiger partial charge >= 0.3 is 0 Å². The Morgan fingerprint density at radius 2 is 2.23 bits per heavy atom. The maximum atomic E-state index is 6.07. The Kier molecular flexibility index (Phi) is 3.88. The molecule has 0 bridgehead atoms. The van der Waals surface area contributed by atoms with Crippen LogP contribution in [0.3, 0.4) is 0 Å². The van der Waals surface area contributed by atoms with Gasteiger partial charge in [0.25, 0.3) is 0 Å². The fourth-order valence-electron chi connectivity index (χ4n) is 3.40. The maximum absolute atomic E-state index is 6.07. The van der Waals surface area contributed by atoms with E-state index in [0.717, 1.165) is 51.5 Å². The van der Waals surface area contributed by atoms with Gasteiger partial charge < -0.3 is 19.2 Å². The van der Waals surface area contributed by atoms with Gasteiger partial charge in [0, 0.05) is 38.1 Å². The molecule has 2 fully saturated rings. The molecule has 1 atom stereocenters.